The van der Waals surface area contributed by atoms with Crippen LogP contribution in [0.15, 0.2) is 24.3 Å². The molecule has 1 saturated heterocycles. The molecule has 1 aliphatic rings. The molecular weight excluding hydrogens is 256 g/mol. The molecule has 0 aliphatic carbocycles. The van der Waals surface area contributed by atoms with Gasteiger partial charge in [0.15, 0.2) is 0 Å². The Morgan fingerprint density at radius 3 is 3.00 bits per heavy atom. The van der Waals surface area contributed by atoms with Crippen molar-refractivity contribution in [3.8, 4) is 0 Å². The third-order valence-corrected chi connectivity index (χ3v) is 3.25. The van der Waals surface area contributed by atoms with Crippen molar-refractivity contribution in [1.29, 1.82) is 0 Å². The van der Waals surface area contributed by atoms with Crippen LogP contribution in [0.3, 0.4) is 0 Å². The van der Waals surface area contributed by atoms with Gasteiger partial charge in [0, 0.05) is 18.2 Å². The molecule has 108 valence electrons. The van der Waals surface area contributed by atoms with Crippen LogP contribution < -0.4 is 10.6 Å². The Labute approximate surface area is 118 Å². The van der Waals surface area contributed by atoms with Gasteiger partial charge < -0.3 is 15.4 Å². The second-order valence-electron chi connectivity index (χ2n) is 4.85. The third-order valence-electron chi connectivity index (χ3n) is 3.25. The fourth-order valence-corrected chi connectivity index (χ4v) is 2.31. The van der Waals surface area contributed by atoms with Crippen LogP contribution in [0.4, 0.5) is 5.69 Å². The predicted molar refractivity (Wildman–Crippen MR) is 76.7 cm³/mol. The molecule has 0 radical (unpaired) electrons. The van der Waals surface area contributed by atoms with Crippen molar-refractivity contribution in [2.75, 3.05) is 18.5 Å². The summed E-state index contributed by atoms with van der Waals surface area (Å²) in [7, 11) is 0. The Hall–Kier alpha value is -1.88. The molecule has 1 amide bonds. The van der Waals surface area contributed by atoms with E-state index < -0.39 is 0 Å². The van der Waals surface area contributed by atoms with Crippen molar-refractivity contribution in [3.63, 3.8) is 0 Å². The highest BCUT2D eigenvalue weighted by atomic mass is 16.5. The van der Waals surface area contributed by atoms with Crippen LogP contribution in [0.5, 0.6) is 0 Å². The number of amides is 1. The number of carbonyl (C=O) groups excluding carboxylic acids is 2. The van der Waals surface area contributed by atoms with E-state index in [-0.39, 0.29) is 17.9 Å². The SMILES string of the molecule is CCOC(=O)c1cccc(NC(=O)CC2CCCN2)c1. The van der Waals surface area contributed by atoms with Crippen LogP contribution in [-0.4, -0.2) is 31.1 Å². The summed E-state index contributed by atoms with van der Waals surface area (Å²) in [6, 6.07) is 7.07. The van der Waals surface area contributed by atoms with E-state index in [4.69, 9.17) is 4.74 Å². The standard InChI is InChI=1S/C15H20N2O3/c1-2-20-15(19)11-5-3-6-13(9-11)17-14(18)10-12-7-4-8-16-12/h3,5-6,9,12,16H,2,4,7-8,10H2,1H3,(H,17,18). The van der Waals surface area contributed by atoms with E-state index in [1.807, 2.05) is 0 Å². The van der Waals surface area contributed by atoms with Crippen molar-refractivity contribution in [2.24, 2.45) is 0 Å². The lowest BCUT2D eigenvalue weighted by atomic mass is 10.1. The molecule has 0 saturated carbocycles. The molecular formula is C15H20N2O3. The van der Waals surface area contributed by atoms with Crippen molar-refractivity contribution >= 4 is 17.6 Å². The summed E-state index contributed by atoms with van der Waals surface area (Å²) in [5, 5.41) is 6.10. The van der Waals surface area contributed by atoms with Crippen molar-refractivity contribution < 1.29 is 14.3 Å². The van der Waals surface area contributed by atoms with Gasteiger partial charge in [-0.3, -0.25) is 4.79 Å². The minimum atomic E-state index is -0.374. The maximum Gasteiger partial charge on any atom is 0.338 e. The van der Waals surface area contributed by atoms with Gasteiger partial charge in [0.1, 0.15) is 0 Å². The molecule has 20 heavy (non-hydrogen) atoms. The Morgan fingerprint density at radius 2 is 2.30 bits per heavy atom. The van der Waals surface area contributed by atoms with Crippen molar-refractivity contribution in [1.82, 2.24) is 5.32 Å². The highest BCUT2D eigenvalue weighted by Gasteiger charge is 2.17. The zero-order valence-corrected chi connectivity index (χ0v) is 11.6. The van der Waals surface area contributed by atoms with E-state index in [9.17, 15) is 9.59 Å². The number of carbonyl (C=O) groups is 2. The Morgan fingerprint density at radius 1 is 1.45 bits per heavy atom. The van der Waals surface area contributed by atoms with Gasteiger partial charge >= 0.3 is 5.97 Å². The fourth-order valence-electron chi connectivity index (χ4n) is 2.31. The van der Waals surface area contributed by atoms with E-state index in [1.54, 1.807) is 31.2 Å². The Kier molecular flexibility index (Phi) is 5.12. The number of ether oxygens (including phenoxy) is 1. The zero-order valence-electron chi connectivity index (χ0n) is 11.6. The summed E-state index contributed by atoms with van der Waals surface area (Å²) >= 11 is 0. The number of benzene rings is 1. The van der Waals surface area contributed by atoms with Gasteiger partial charge in [-0.1, -0.05) is 6.07 Å². The largest absolute Gasteiger partial charge is 0.462 e. The van der Waals surface area contributed by atoms with Gasteiger partial charge in [-0.25, -0.2) is 4.79 Å². The van der Waals surface area contributed by atoms with Crippen LogP contribution in [0.25, 0.3) is 0 Å². The number of hydrogen-bond donors (Lipinski definition) is 2. The fraction of sp³-hybridized carbons (Fsp3) is 0.467. The first-order chi connectivity index (χ1) is 9.69. The molecule has 1 aromatic rings. The molecule has 5 heteroatoms. The molecule has 5 nitrogen and oxygen atoms in total. The highest BCUT2D eigenvalue weighted by molar-refractivity contribution is 5.94. The normalized spacial score (nSPS) is 17.8. The number of hydrogen-bond acceptors (Lipinski definition) is 4. The van der Waals surface area contributed by atoms with Crippen LogP contribution in [0.2, 0.25) is 0 Å². The molecule has 0 spiro atoms. The molecule has 1 atom stereocenters. The van der Waals surface area contributed by atoms with Crippen LogP contribution >= 0.6 is 0 Å². The quantitative estimate of drug-likeness (QED) is 0.807. The summed E-state index contributed by atoms with van der Waals surface area (Å²) in [6.07, 6.45) is 2.62. The van der Waals surface area contributed by atoms with Gasteiger partial charge in [0.05, 0.1) is 12.2 Å². The summed E-state index contributed by atoms with van der Waals surface area (Å²) in [6.45, 7) is 3.08. The number of rotatable bonds is 5. The van der Waals surface area contributed by atoms with Gasteiger partial charge in [-0.15, -0.1) is 0 Å². The minimum absolute atomic E-state index is 0.0367. The van der Waals surface area contributed by atoms with E-state index in [2.05, 4.69) is 10.6 Å². The summed E-state index contributed by atoms with van der Waals surface area (Å²) in [5.74, 6) is -0.411. The molecule has 1 fully saturated rings. The zero-order chi connectivity index (χ0) is 14.4. The second-order valence-corrected chi connectivity index (χ2v) is 4.85. The van der Waals surface area contributed by atoms with Gasteiger partial charge in [-0.05, 0) is 44.5 Å². The molecule has 2 N–H and O–H groups in total. The maximum absolute atomic E-state index is 11.9. The van der Waals surface area contributed by atoms with Crippen molar-refractivity contribution in [3.05, 3.63) is 29.8 Å². The number of anilines is 1. The second kappa shape index (κ2) is 7.05. The van der Waals surface area contributed by atoms with Crippen LogP contribution in [-0.2, 0) is 9.53 Å². The molecule has 1 heterocycles. The Balaban J connectivity index is 1.93. The smallest absolute Gasteiger partial charge is 0.338 e. The first kappa shape index (κ1) is 14.5. The molecule has 1 unspecified atom stereocenters. The van der Waals surface area contributed by atoms with E-state index in [0.29, 0.717) is 24.3 Å². The number of esters is 1. The average Bonchev–Trinajstić information content (AvgIpc) is 2.92. The van der Waals surface area contributed by atoms with Gasteiger partial charge in [0.25, 0.3) is 0 Å². The average molecular weight is 276 g/mol. The number of nitrogens with one attached hydrogen (secondary N) is 2. The van der Waals surface area contributed by atoms with Crippen molar-refractivity contribution in [2.45, 2.75) is 32.2 Å². The highest BCUT2D eigenvalue weighted by Crippen LogP contribution is 2.14. The first-order valence-electron chi connectivity index (χ1n) is 6.99. The monoisotopic (exact) mass is 276 g/mol. The molecule has 1 aromatic carbocycles. The topological polar surface area (TPSA) is 67.4 Å². The van der Waals surface area contributed by atoms with E-state index in [0.717, 1.165) is 19.4 Å². The van der Waals surface area contributed by atoms with Crippen LogP contribution in [0, 0.1) is 0 Å². The summed E-state index contributed by atoms with van der Waals surface area (Å²) in [4.78, 5) is 23.5. The van der Waals surface area contributed by atoms with Gasteiger partial charge in [0.2, 0.25) is 5.91 Å². The summed E-state index contributed by atoms with van der Waals surface area (Å²) < 4.78 is 4.93. The first-order valence-corrected chi connectivity index (χ1v) is 6.99. The molecule has 1 aliphatic heterocycles. The minimum Gasteiger partial charge on any atom is -0.462 e. The van der Waals surface area contributed by atoms with Gasteiger partial charge in [-0.2, -0.15) is 0 Å². The third kappa shape index (κ3) is 4.06. The molecule has 0 bridgehead atoms. The van der Waals surface area contributed by atoms with E-state index >= 15 is 0 Å². The lowest BCUT2D eigenvalue weighted by Crippen LogP contribution is -2.27. The lowest BCUT2D eigenvalue weighted by Gasteiger charge is -2.11. The lowest BCUT2D eigenvalue weighted by molar-refractivity contribution is -0.116. The summed E-state index contributed by atoms with van der Waals surface area (Å²) in [5.41, 5.74) is 1.07. The predicted octanol–water partition coefficient (Wildman–Crippen LogP) is 1.94. The van der Waals surface area contributed by atoms with Crippen LogP contribution in [0.1, 0.15) is 36.5 Å². The molecule has 0 aromatic heterocycles. The molecule has 2 rings (SSSR count). The Bertz CT molecular complexity index is 482. The van der Waals surface area contributed by atoms with E-state index in [1.165, 1.54) is 0 Å². The maximum atomic E-state index is 11.9.